The van der Waals surface area contributed by atoms with Gasteiger partial charge in [-0.25, -0.2) is 9.97 Å². The zero-order valence-electron chi connectivity index (χ0n) is 16.5. The third kappa shape index (κ3) is 5.23. The monoisotopic (exact) mass is 423 g/mol. The summed E-state index contributed by atoms with van der Waals surface area (Å²) < 4.78 is 48.3. The highest BCUT2D eigenvalue weighted by atomic mass is 19.4. The Labute approximate surface area is 170 Å². The van der Waals surface area contributed by atoms with Crippen molar-refractivity contribution in [1.82, 2.24) is 19.7 Å². The van der Waals surface area contributed by atoms with Crippen molar-refractivity contribution in [3.05, 3.63) is 41.9 Å². The Morgan fingerprint density at radius 1 is 1.33 bits per heavy atom. The summed E-state index contributed by atoms with van der Waals surface area (Å²) in [7, 11) is 1.44. The molecule has 160 valence electrons. The summed E-state index contributed by atoms with van der Waals surface area (Å²) in [6.45, 7) is 2.17. The second kappa shape index (κ2) is 8.66. The number of hydrogen-bond donors (Lipinski definition) is 1. The average Bonchev–Trinajstić information content (AvgIpc) is 3.09. The van der Waals surface area contributed by atoms with Crippen molar-refractivity contribution < 1.29 is 27.4 Å². The molecule has 0 radical (unpaired) electrons. The van der Waals surface area contributed by atoms with Crippen LogP contribution in [0.25, 0.3) is 10.9 Å². The number of anilines is 1. The quantitative estimate of drug-likeness (QED) is 0.628. The SMILES string of the molecule is COC(C)C(=O)Nc1nccc2nn(Cc3cnc(OCC(F)(F)F)c(C)c3)cc12. The number of pyridine rings is 2. The maximum absolute atomic E-state index is 12.3. The van der Waals surface area contributed by atoms with Crippen LogP contribution >= 0.6 is 0 Å². The van der Waals surface area contributed by atoms with Crippen molar-refractivity contribution in [3.63, 3.8) is 0 Å². The zero-order valence-corrected chi connectivity index (χ0v) is 16.5. The summed E-state index contributed by atoms with van der Waals surface area (Å²) in [5, 5.41) is 7.80. The molecule has 0 saturated heterocycles. The molecular formula is C19H20F3N5O3. The number of carbonyl (C=O) groups excluding carboxylic acids is 1. The van der Waals surface area contributed by atoms with Gasteiger partial charge in [-0.2, -0.15) is 18.3 Å². The van der Waals surface area contributed by atoms with E-state index >= 15 is 0 Å². The van der Waals surface area contributed by atoms with Crippen molar-refractivity contribution >= 4 is 22.6 Å². The lowest BCUT2D eigenvalue weighted by atomic mass is 10.2. The third-order valence-electron chi connectivity index (χ3n) is 4.25. The Hall–Kier alpha value is -3.21. The van der Waals surface area contributed by atoms with Crippen molar-refractivity contribution in [2.24, 2.45) is 0 Å². The number of methoxy groups -OCH3 is 1. The molecule has 0 aliphatic rings. The van der Waals surface area contributed by atoms with Crippen LogP contribution in [0.2, 0.25) is 0 Å². The molecule has 3 rings (SSSR count). The Morgan fingerprint density at radius 3 is 2.77 bits per heavy atom. The van der Waals surface area contributed by atoms with Crippen molar-refractivity contribution in [2.75, 3.05) is 19.0 Å². The first-order valence-corrected chi connectivity index (χ1v) is 8.97. The molecule has 0 aromatic carbocycles. The number of alkyl halides is 3. The van der Waals surface area contributed by atoms with Gasteiger partial charge in [0.05, 0.1) is 17.4 Å². The second-order valence-corrected chi connectivity index (χ2v) is 6.66. The molecule has 1 unspecified atom stereocenters. The summed E-state index contributed by atoms with van der Waals surface area (Å²) >= 11 is 0. The molecule has 0 fully saturated rings. The van der Waals surface area contributed by atoms with Crippen LogP contribution in [-0.2, 0) is 16.1 Å². The largest absolute Gasteiger partial charge is 0.468 e. The van der Waals surface area contributed by atoms with Gasteiger partial charge in [0.2, 0.25) is 5.88 Å². The number of aryl methyl sites for hydroxylation is 1. The Kier molecular flexibility index (Phi) is 6.20. The molecule has 1 N–H and O–H groups in total. The van der Waals surface area contributed by atoms with Crippen molar-refractivity contribution in [1.29, 1.82) is 0 Å². The maximum atomic E-state index is 12.3. The minimum Gasteiger partial charge on any atom is -0.468 e. The van der Waals surface area contributed by atoms with E-state index in [1.165, 1.54) is 19.5 Å². The molecule has 3 heterocycles. The number of aromatic nitrogens is 4. The number of nitrogens with one attached hydrogen (secondary N) is 1. The van der Waals surface area contributed by atoms with Gasteiger partial charge in [-0.3, -0.25) is 9.48 Å². The predicted molar refractivity (Wildman–Crippen MR) is 102 cm³/mol. The first kappa shape index (κ1) is 21.5. The fourth-order valence-electron chi connectivity index (χ4n) is 2.70. The molecule has 11 heteroatoms. The summed E-state index contributed by atoms with van der Waals surface area (Å²) in [6, 6.07) is 3.39. The van der Waals surface area contributed by atoms with Gasteiger partial charge in [-0.15, -0.1) is 0 Å². The minimum atomic E-state index is -4.43. The molecular weight excluding hydrogens is 403 g/mol. The summed E-state index contributed by atoms with van der Waals surface area (Å²) in [6.07, 6.45) is -0.371. The van der Waals surface area contributed by atoms with E-state index in [9.17, 15) is 18.0 Å². The summed E-state index contributed by atoms with van der Waals surface area (Å²) in [4.78, 5) is 20.2. The van der Waals surface area contributed by atoms with Gasteiger partial charge in [0, 0.05) is 31.3 Å². The van der Waals surface area contributed by atoms with Gasteiger partial charge < -0.3 is 14.8 Å². The van der Waals surface area contributed by atoms with Crippen LogP contribution in [-0.4, -0.2) is 51.7 Å². The number of carbonyl (C=O) groups is 1. The Bertz CT molecular complexity index is 1050. The highest BCUT2D eigenvalue weighted by molar-refractivity contribution is 6.00. The minimum absolute atomic E-state index is 0.0665. The number of ether oxygens (including phenoxy) is 2. The lowest BCUT2D eigenvalue weighted by Crippen LogP contribution is -2.26. The summed E-state index contributed by atoms with van der Waals surface area (Å²) in [5.74, 6) is -0.0412. The van der Waals surface area contributed by atoms with Crippen LogP contribution in [0.3, 0.4) is 0 Å². The Balaban J connectivity index is 1.77. The van der Waals surface area contributed by atoms with Crippen LogP contribution in [0.15, 0.2) is 30.7 Å². The number of fused-ring (bicyclic) bond motifs is 1. The number of amides is 1. The normalized spacial score (nSPS) is 12.7. The molecule has 30 heavy (non-hydrogen) atoms. The van der Waals surface area contributed by atoms with E-state index in [1.54, 1.807) is 36.9 Å². The number of rotatable bonds is 7. The molecule has 0 spiro atoms. The zero-order chi connectivity index (χ0) is 21.9. The van der Waals surface area contributed by atoms with Crippen LogP contribution in [0, 0.1) is 6.92 Å². The van der Waals surface area contributed by atoms with Gasteiger partial charge in [-0.05, 0) is 31.5 Å². The van der Waals surface area contributed by atoms with E-state index in [0.29, 0.717) is 28.8 Å². The smallest absolute Gasteiger partial charge is 0.422 e. The second-order valence-electron chi connectivity index (χ2n) is 6.66. The van der Waals surface area contributed by atoms with E-state index in [-0.39, 0.29) is 11.8 Å². The molecule has 1 amide bonds. The molecule has 0 saturated carbocycles. The van der Waals surface area contributed by atoms with Gasteiger partial charge in [0.1, 0.15) is 11.9 Å². The van der Waals surface area contributed by atoms with Gasteiger partial charge in [0.15, 0.2) is 6.61 Å². The average molecular weight is 423 g/mol. The van der Waals surface area contributed by atoms with E-state index in [4.69, 9.17) is 9.47 Å². The van der Waals surface area contributed by atoms with Crippen molar-refractivity contribution in [2.45, 2.75) is 32.7 Å². The van der Waals surface area contributed by atoms with Gasteiger partial charge in [0.25, 0.3) is 5.91 Å². The van der Waals surface area contributed by atoms with Crippen molar-refractivity contribution in [3.8, 4) is 5.88 Å². The standard InChI is InChI=1S/C19H20F3N5O3/c1-11-6-13(7-24-18(11)30-10-19(20,21)22)8-27-9-14-15(26-27)4-5-23-16(14)25-17(28)12(2)29-3/h4-7,9,12H,8,10H2,1-3H3,(H,23,25,28). The van der Waals surface area contributed by atoms with Crippen LogP contribution in [0.1, 0.15) is 18.1 Å². The molecule has 1 atom stereocenters. The fraction of sp³-hybridized carbons (Fsp3) is 0.368. The highest BCUT2D eigenvalue weighted by Gasteiger charge is 2.29. The Morgan fingerprint density at radius 2 is 2.10 bits per heavy atom. The third-order valence-corrected chi connectivity index (χ3v) is 4.25. The van der Waals surface area contributed by atoms with Crippen LogP contribution in [0.4, 0.5) is 19.0 Å². The molecule has 8 nitrogen and oxygen atoms in total. The van der Waals surface area contributed by atoms with Crippen LogP contribution < -0.4 is 10.1 Å². The maximum Gasteiger partial charge on any atom is 0.422 e. The first-order chi connectivity index (χ1) is 14.2. The molecule has 0 aliphatic heterocycles. The highest BCUT2D eigenvalue weighted by Crippen LogP contribution is 2.23. The van der Waals surface area contributed by atoms with Gasteiger partial charge in [-0.1, -0.05) is 0 Å². The van der Waals surface area contributed by atoms with E-state index in [2.05, 4.69) is 20.4 Å². The lowest BCUT2D eigenvalue weighted by molar-refractivity contribution is -0.154. The summed E-state index contributed by atoms with van der Waals surface area (Å²) in [5.41, 5.74) is 1.84. The lowest BCUT2D eigenvalue weighted by Gasteiger charge is -2.11. The van der Waals surface area contributed by atoms with Crippen LogP contribution in [0.5, 0.6) is 5.88 Å². The van der Waals surface area contributed by atoms with E-state index in [1.807, 2.05) is 0 Å². The predicted octanol–water partition coefficient (Wildman–Crippen LogP) is 3.10. The fourth-order valence-corrected chi connectivity index (χ4v) is 2.70. The number of hydrogen-bond acceptors (Lipinski definition) is 6. The molecule has 3 aromatic rings. The molecule has 3 aromatic heterocycles. The first-order valence-electron chi connectivity index (χ1n) is 8.97. The number of halogens is 3. The topological polar surface area (TPSA) is 91.2 Å². The van der Waals surface area contributed by atoms with E-state index in [0.717, 1.165) is 5.56 Å². The molecule has 0 bridgehead atoms. The number of nitrogens with zero attached hydrogens (tertiary/aromatic N) is 4. The molecule has 0 aliphatic carbocycles. The van der Waals surface area contributed by atoms with Gasteiger partial charge >= 0.3 is 6.18 Å². The van der Waals surface area contributed by atoms with E-state index < -0.39 is 18.9 Å².